The van der Waals surface area contributed by atoms with E-state index < -0.39 is 6.04 Å². The van der Waals surface area contributed by atoms with Crippen molar-refractivity contribution in [1.29, 1.82) is 0 Å². The summed E-state index contributed by atoms with van der Waals surface area (Å²) >= 11 is 0. The number of carbonyl (C=O) groups excluding carboxylic acids is 1. The van der Waals surface area contributed by atoms with Crippen LogP contribution in [0.3, 0.4) is 0 Å². The van der Waals surface area contributed by atoms with E-state index in [2.05, 4.69) is 28.4 Å². The molecule has 2 aromatic rings. The summed E-state index contributed by atoms with van der Waals surface area (Å²) in [5, 5.41) is 2.86. The lowest BCUT2D eigenvalue weighted by Gasteiger charge is -2.32. The van der Waals surface area contributed by atoms with Crippen LogP contribution >= 0.6 is 0 Å². The molecule has 2 aliphatic heterocycles. The number of hydrogen-bond acceptors (Lipinski definition) is 3. The highest BCUT2D eigenvalue weighted by molar-refractivity contribution is 6.06. The Kier molecular flexibility index (Phi) is 13.3. The van der Waals surface area contributed by atoms with Crippen molar-refractivity contribution in [3.05, 3.63) is 108 Å². The number of piperidine rings is 1. The van der Waals surface area contributed by atoms with Crippen molar-refractivity contribution in [2.75, 3.05) is 26.8 Å². The molecule has 1 fully saturated rings. The molecule has 1 atom stereocenters. The SMILES string of the molecule is C=C/C=C\C(=C)C.CF.O=C1NC(CCCN2CCC(c3ccc(F)cc3)CC2)=NC1c1ccc(F)cc1. The maximum Gasteiger partial charge on any atom is 0.254 e. The van der Waals surface area contributed by atoms with Gasteiger partial charge in [-0.1, -0.05) is 61.2 Å². The quantitative estimate of drug-likeness (QED) is 0.374. The van der Waals surface area contributed by atoms with Crippen molar-refractivity contribution >= 4 is 11.7 Å². The van der Waals surface area contributed by atoms with Gasteiger partial charge in [-0.15, -0.1) is 0 Å². The largest absolute Gasteiger partial charge is 0.312 e. The van der Waals surface area contributed by atoms with Crippen molar-refractivity contribution in [2.24, 2.45) is 4.99 Å². The van der Waals surface area contributed by atoms with Crippen LogP contribution in [0, 0.1) is 11.6 Å². The van der Waals surface area contributed by atoms with Crippen LogP contribution in [-0.4, -0.2) is 43.5 Å². The lowest BCUT2D eigenvalue weighted by Crippen LogP contribution is -2.34. The molecule has 1 saturated heterocycles. The fourth-order valence-corrected chi connectivity index (χ4v) is 4.38. The van der Waals surface area contributed by atoms with Crippen molar-refractivity contribution < 1.29 is 18.0 Å². The maximum absolute atomic E-state index is 13.1. The van der Waals surface area contributed by atoms with Gasteiger partial charge in [-0.2, -0.15) is 0 Å². The summed E-state index contributed by atoms with van der Waals surface area (Å²) in [5.74, 6) is 0.563. The number of halogens is 3. The minimum Gasteiger partial charge on any atom is -0.312 e. The molecular formula is C31H38F3N3O. The second kappa shape index (κ2) is 16.4. The van der Waals surface area contributed by atoms with Crippen LogP contribution in [0.5, 0.6) is 0 Å². The average Bonchev–Trinajstić information content (AvgIpc) is 3.30. The first kappa shape index (κ1) is 30.8. The Morgan fingerprint density at radius 2 is 1.58 bits per heavy atom. The Labute approximate surface area is 224 Å². The third kappa shape index (κ3) is 10.1. The normalized spacial score (nSPS) is 17.6. The van der Waals surface area contributed by atoms with Crippen LogP contribution in [-0.2, 0) is 4.79 Å². The van der Waals surface area contributed by atoms with Gasteiger partial charge >= 0.3 is 0 Å². The Morgan fingerprint density at radius 3 is 2.08 bits per heavy atom. The number of likely N-dealkylation sites (tertiary alicyclic amines) is 1. The molecule has 0 spiro atoms. The van der Waals surface area contributed by atoms with Crippen LogP contribution in [0.4, 0.5) is 13.2 Å². The van der Waals surface area contributed by atoms with E-state index in [1.54, 1.807) is 18.2 Å². The molecule has 0 aromatic heterocycles. The standard InChI is InChI=1S/C23H25F2N3O.C7H10.CH3F/c24-19-7-3-16(4-8-19)17-11-14-28(15-12-17)13-1-2-21-26-22(23(29)27-21)18-5-9-20(25)10-6-18;1-4-5-6-7(2)3;1-2/h3-10,17,22H,1-2,11-15H2,(H,26,27,29);4-6H,1-2H2,3H3;1H3/b;6-5-;. The van der Waals surface area contributed by atoms with E-state index in [0.717, 1.165) is 50.9 Å². The summed E-state index contributed by atoms with van der Waals surface area (Å²) in [6.07, 6.45) is 9.31. The highest BCUT2D eigenvalue weighted by Gasteiger charge is 2.27. The number of carbonyl (C=O) groups is 1. The third-order valence-electron chi connectivity index (χ3n) is 6.32. The van der Waals surface area contributed by atoms with Crippen LogP contribution in [0.1, 0.15) is 55.7 Å². The number of amides is 1. The first-order valence-electron chi connectivity index (χ1n) is 12.8. The lowest BCUT2D eigenvalue weighted by molar-refractivity contribution is -0.120. The molecule has 0 aliphatic carbocycles. The summed E-state index contributed by atoms with van der Waals surface area (Å²) in [5.41, 5.74) is 2.99. The van der Waals surface area contributed by atoms with Gasteiger partial charge in [0.1, 0.15) is 17.5 Å². The van der Waals surface area contributed by atoms with Crippen LogP contribution < -0.4 is 5.32 Å². The predicted octanol–water partition coefficient (Wildman–Crippen LogP) is 7.08. The highest BCUT2D eigenvalue weighted by Crippen LogP contribution is 2.28. The zero-order valence-electron chi connectivity index (χ0n) is 22.3. The summed E-state index contributed by atoms with van der Waals surface area (Å²) < 4.78 is 35.7. The van der Waals surface area contributed by atoms with Gasteiger partial charge in [0.2, 0.25) is 0 Å². The van der Waals surface area contributed by atoms with Crippen molar-refractivity contribution in [3.8, 4) is 0 Å². The average molecular weight is 526 g/mol. The number of hydrogen-bond donors (Lipinski definition) is 1. The Hall–Kier alpha value is -3.45. The second-order valence-electron chi connectivity index (χ2n) is 9.23. The molecule has 38 heavy (non-hydrogen) atoms. The Bertz CT molecular complexity index is 1090. The first-order chi connectivity index (χ1) is 18.4. The first-order valence-corrected chi connectivity index (χ1v) is 12.8. The molecular weight excluding hydrogens is 487 g/mol. The van der Waals surface area contributed by atoms with E-state index in [1.165, 1.54) is 29.8 Å². The second-order valence-corrected chi connectivity index (χ2v) is 9.23. The van der Waals surface area contributed by atoms with Crippen LogP contribution in [0.15, 0.2) is 90.5 Å². The van der Waals surface area contributed by atoms with Gasteiger partial charge in [0.15, 0.2) is 6.04 Å². The summed E-state index contributed by atoms with van der Waals surface area (Å²) in [6.45, 7) is 12.1. The number of nitrogens with zero attached hydrogens (tertiary/aromatic N) is 2. The maximum atomic E-state index is 13.1. The monoisotopic (exact) mass is 525 g/mol. The molecule has 4 rings (SSSR count). The highest BCUT2D eigenvalue weighted by atomic mass is 19.1. The zero-order chi connectivity index (χ0) is 27.9. The van der Waals surface area contributed by atoms with E-state index in [-0.39, 0.29) is 17.5 Å². The molecule has 1 N–H and O–H groups in total. The number of alkyl halides is 1. The Balaban J connectivity index is 0.000000491. The fourth-order valence-electron chi connectivity index (χ4n) is 4.38. The smallest absolute Gasteiger partial charge is 0.254 e. The van der Waals surface area contributed by atoms with Crippen molar-refractivity contribution in [2.45, 2.75) is 44.6 Å². The molecule has 7 heteroatoms. The molecule has 2 aliphatic rings. The number of benzene rings is 2. The van der Waals surface area contributed by atoms with Gasteiger partial charge < -0.3 is 10.2 Å². The number of rotatable bonds is 8. The predicted molar refractivity (Wildman–Crippen MR) is 150 cm³/mol. The fraction of sp³-hybridized carbons (Fsp3) is 0.355. The number of nitrogens with one attached hydrogen (secondary N) is 1. The number of aliphatic imine (C=N–C) groups is 1. The molecule has 204 valence electrons. The Morgan fingerprint density at radius 1 is 1.03 bits per heavy atom. The van der Waals surface area contributed by atoms with E-state index in [4.69, 9.17) is 0 Å². The molecule has 0 radical (unpaired) electrons. The van der Waals surface area contributed by atoms with Gasteiger partial charge in [0.05, 0.1) is 7.18 Å². The molecule has 0 saturated carbocycles. The summed E-state index contributed by atoms with van der Waals surface area (Å²) in [7, 11) is 0.500. The van der Waals surface area contributed by atoms with Gasteiger partial charge in [0.25, 0.3) is 5.91 Å². The summed E-state index contributed by atoms with van der Waals surface area (Å²) in [4.78, 5) is 19.1. The minimum atomic E-state index is -0.572. The van der Waals surface area contributed by atoms with Gasteiger partial charge in [-0.25, -0.2) is 8.78 Å². The van der Waals surface area contributed by atoms with E-state index in [9.17, 15) is 18.0 Å². The molecule has 4 nitrogen and oxygen atoms in total. The molecule has 1 amide bonds. The molecule has 1 unspecified atom stereocenters. The summed E-state index contributed by atoms with van der Waals surface area (Å²) in [6, 6.07) is 12.2. The zero-order valence-corrected chi connectivity index (χ0v) is 22.3. The van der Waals surface area contributed by atoms with Crippen molar-refractivity contribution in [1.82, 2.24) is 10.2 Å². The molecule has 2 heterocycles. The number of allylic oxidation sites excluding steroid dienone is 4. The molecule has 0 bridgehead atoms. The van der Waals surface area contributed by atoms with Crippen LogP contribution in [0.2, 0.25) is 0 Å². The van der Waals surface area contributed by atoms with E-state index in [0.29, 0.717) is 24.5 Å². The van der Waals surface area contributed by atoms with Gasteiger partial charge in [-0.05, 0) is 87.1 Å². The van der Waals surface area contributed by atoms with E-state index in [1.807, 2.05) is 31.2 Å². The van der Waals surface area contributed by atoms with E-state index >= 15 is 0 Å². The van der Waals surface area contributed by atoms with Crippen molar-refractivity contribution in [3.63, 3.8) is 0 Å². The molecule has 2 aromatic carbocycles. The topological polar surface area (TPSA) is 44.7 Å². The minimum absolute atomic E-state index is 0.147. The van der Waals surface area contributed by atoms with Gasteiger partial charge in [-0.3, -0.25) is 14.2 Å². The lowest BCUT2D eigenvalue weighted by atomic mass is 9.89. The third-order valence-corrected chi connectivity index (χ3v) is 6.32. The van der Waals surface area contributed by atoms with Crippen LogP contribution in [0.25, 0.3) is 0 Å². The van der Waals surface area contributed by atoms with Gasteiger partial charge in [0, 0.05) is 6.42 Å². The number of amidine groups is 1.